The normalized spacial score (nSPS) is 13.2. The van der Waals surface area contributed by atoms with Crippen LogP contribution < -0.4 is 10.4 Å². The average molecular weight is 514 g/mol. The molecule has 0 aromatic heterocycles. The number of amides is 1. The predicted molar refractivity (Wildman–Crippen MR) is 147 cm³/mol. The Morgan fingerprint density at radius 3 is 1.81 bits per heavy atom. The smallest absolute Gasteiger partial charge is 0.307 e. The number of ether oxygens (including phenoxy) is 1. The summed E-state index contributed by atoms with van der Waals surface area (Å²) in [7, 11) is 0.345. The summed E-state index contributed by atoms with van der Waals surface area (Å²) in [5.74, 6) is -1.18. The van der Waals surface area contributed by atoms with Crippen LogP contribution in [0, 0.1) is 5.92 Å². The largest absolute Gasteiger partial charge is 0.460 e. The van der Waals surface area contributed by atoms with Crippen LogP contribution >= 0.6 is 0 Å². The van der Waals surface area contributed by atoms with Gasteiger partial charge in [-0.05, 0) is 49.0 Å². The summed E-state index contributed by atoms with van der Waals surface area (Å²) in [4.78, 5) is 30.6. The van der Waals surface area contributed by atoms with Crippen molar-refractivity contribution < 1.29 is 23.6 Å². The van der Waals surface area contributed by atoms with E-state index in [-0.39, 0.29) is 17.4 Å². The highest BCUT2D eigenvalue weighted by atomic mass is 28.4. The fourth-order valence-electron chi connectivity index (χ4n) is 4.56. The van der Waals surface area contributed by atoms with Crippen molar-refractivity contribution in [2.75, 3.05) is 20.8 Å². The van der Waals surface area contributed by atoms with Crippen molar-refractivity contribution in [2.24, 2.45) is 5.92 Å². The zero-order valence-electron chi connectivity index (χ0n) is 23.2. The van der Waals surface area contributed by atoms with Gasteiger partial charge < -0.3 is 9.16 Å². The standard InChI is InChI=1S/C29H43NO5Si/c1-28(2,3)35-26(31)22-23(27(32)30(7)33-8)16-15-21-34-36(29(4,5)6,24-17-11-9-12-18-24)25-19-13-10-14-20-25/h9-14,17-20,23H,15-16,21-22H2,1-8H3/t23-/m0/s1. The Kier molecular flexibility index (Phi) is 10.5. The molecule has 0 aliphatic rings. The predicted octanol–water partition coefficient (Wildman–Crippen LogP) is 4.71. The van der Waals surface area contributed by atoms with Crippen molar-refractivity contribution in [3.63, 3.8) is 0 Å². The number of nitrogens with zero attached hydrogens (tertiary/aromatic N) is 1. The maximum atomic E-state index is 12.9. The van der Waals surface area contributed by atoms with Gasteiger partial charge in [0.1, 0.15) is 5.60 Å². The Bertz CT molecular complexity index is 927. The molecule has 0 N–H and O–H groups in total. The molecular weight excluding hydrogens is 470 g/mol. The Morgan fingerprint density at radius 1 is 0.889 bits per heavy atom. The summed E-state index contributed by atoms with van der Waals surface area (Å²) >= 11 is 0. The first-order valence-electron chi connectivity index (χ1n) is 12.6. The molecule has 2 aromatic rings. The van der Waals surface area contributed by atoms with Gasteiger partial charge in [0.05, 0.1) is 19.4 Å². The van der Waals surface area contributed by atoms with E-state index in [2.05, 4.69) is 69.3 Å². The van der Waals surface area contributed by atoms with Crippen molar-refractivity contribution in [1.29, 1.82) is 0 Å². The molecule has 0 unspecified atom stereocenters. The topological polar surface area (TPSA) is 65.1 Å². The molecule has 0 spiro atoms. The molecule has 0 bridgehead atoms. The van der Waals surface area contributed by atoms with Crippen LogP contribution in [0.15, 0.2) is 60.7 Å². The molecule has 2 rings (SSSR count). The summed E-state index contributed by atoms with van der Waals surface area (Å²) < 4.78 is 12.4. The van der Waals surface area contributed by atoms with Gasteiger partial charge in [-0.1, -0.05) is 81.4 Å². The van der Waals surface area contributed by atoms with E-state index in [0.717, 1.165) is 0 Å². The first-order chi connectivity index (χ1) is 16.8. The molecule has 198 valence electrons. The molecule has 0 heterocycles. The first-order valence-corrected chi connectivity index (χ1v) is 14.5. The quantitative estimate of drug-likeness (QED) is 0.188. The molecule has 6 nitrogen and oxygen atoms in total. The summed E-state index contributed by atoms with van der Waals surface area (Å²) in [6, 6.07) is 20.9. The van der Waals surface area contributed by atoms with Crippen molar-refractivity contribution in [3.05, 3.63) is 60.7 Å². The number of hydroxylamine groups is 2. The van der Waals surface area contributed by atoms with E-state index in [1.54, 1.807) is 7.05 Å². The van der Waals surface area contributed by atoms with E-state index in [4.69, 9.17) is 14.0 Å². The summed E-state index contributed by atoms with van der Waals surface area (Å²) in [6.07, 6.45) is 1.12. The second kappa shape index (κ2) is 12.7. The summed E-state index contributed by atoms with van der Waals surface area (Å²) in [5, 5.41) is 3.48. The number of hydrogen-bond acceptors (Lipinski definition) is 5. The molecule has 1 atom stereocenters. The van der Waals surface area contributed by atoms with Gasteiger partial charge >= 0.3 is 5.97 Å². The molecule has 7 heteroatoms. The minimum Gasteiger partial charge on any atom is -0.460 e. The molecule has 0 radical (unpaired) electrons. The molecule has 1 amide bonds. The fraction of sp³-hybridized carbons (Fsp3) is 0.517. The van der Waals surface area contributed by atoms with E-state index < -0.39 is 25.8 Å². The zero-order valence-corrected chi connectivity index (χ0v) is 24.2. The van der Waals surface area contributed by atoms with Gasteiger partial charge in [0.2, 0.25) is 5.91 Å². The number of benzene rings is 2. The minimum atomic E-state index is -2.65. The molecule has 2 aromatic carbocycles. The van der Waals surface area contributed by atoms with Crippen molar-refractivity contribution in [1.82, 2.24) is 5.06 Å². The number of carbonyl (C=O) groups is 2. The molecule has 0 saturated carbocycles. The van der Waals surface area contributed by atoms with Crippen LogP contribution in [-0.4, -0.2) is 51.6 Å². The lowest BCUT2D eigenvalue weighted by molar-refractivity contribution is -0.177. The van der Waals surface area contributed by atoms with Crippen LogP contribution in [0.3, 0.4) is 0 Å². The summed E-state index contributed by atoms with van der Waals surface area (Å²) in [6.45, 7) is 12.6. The second-order valence-electron chi connectivity index (χ2n) is 11.2. The van der Waals surface area contributed by atoms with Gasteiger partial charge in [-0.2, -0.15) is 0 Å². The maximum absolute atomic E-state index is 12.9. The number of carbonyl (C=O) groups excluding carboxylic acids is 2. The highest BCUT2D eigenvalue weighted by molar-refractivity contribution is 6.99. The van der Waals surface area contributed by atoms with Crippen molar-refractivity contribution >= 4 is 30.6 Å². The van der Waals surface area contributed by atoms with Crippen LogP contribution in [0.25, 0.3) is 0 Å². The molecule has 0 aliphatic carbocycles. The first kappa shape index (κ1) is 29.7. The molecule has 0 saturated heterocycles. The van der Waals surface area contributed by atoms with Crippen LogP contribution in [-0.2, 0) is 23.6 Å². The van der Waals surface area contributed by atoms with Crippen LogP contribution in [0.1, 0.15) is 60.8 Å². The molecular formula is C29H43NO5Si. The third-order valence-corrected chi connectivity index (χ3v) is 11.2. The van der Waals surface area contributed by atoms with Crippen LogP contribution in [0.5, 0.6) is 0 Å². The van der Waals surface area contributed by atoms with E-state index in [0.29, 0.717) is 19.4 Å². The van der Waals surface area contributed by atoms with Gasteiger partial charge in [0.25, 0.3) is 8.32 Å². The Labute approximate surface area is 218 Å². The Morgan fingerprint density at radius 2 is 1.39 bits per heavy atom. The maximum Gasteiger partial charge on any atom is 0.307 e. The van der Waals surface area contributed by atoms with Gasteiger partial charge in [0, 0.05) is 13.7 Å². The van der Waals surface area contributed by atoms with Gasteiger partial charge in [-0.25, -0.2) is 5.06 Å². The van der Waals surface area contributed by atoms with Crippen molar-refractivity contribution in [2.45, 2.75) is 71.4 Å². The SMILES string of the molecule is CON(C)C(=O)[C@@H](CCCO[Si](c1ccccc1)(c1ccccc1)C(C)(C)C)CC(=O)OC(C)(C)C. The van der Waals surface area contributed by atoms with E-state index in [1.165, 1.54) is 22.5 Å². The zero-order chi connectivity index (χ0) is 27.0. The fourth-order valence-corrected chi connectivity index (χ4v) is 9.17. The second-order valence-corrected chi connectivity index (χ2v) is 15.5. The number of hydrogen-bond donors (Lipinski definition) is 0. The third-order valence-electron chi connectivity index (χ3n) is 6.20. The van der Waals surface area contributed by atoms with Gasteiger partial charge in [-0.15, -0.1) is 0 Å². The highest BCUT2D eigenvalue weighted by Crippen LogP contribution is 2.37. The van der Waals surface area contributed by atoms with E-state index in [1.807, 2.05) is 32.9 Å². The lowest BCUT2D eigenvalue weighted by atomic mass is 9.98. The molecule has 36 heavy (non-hydrogen) atoms. The van der Waals surface area contributed by atoms with Crippen LogP contribution in [0.4, 0.5) is 0 Å². The third kappa shape index (κ3) is 7.76. The van der Waals surface area contributed by atoms with Crippen molar-refractivity contribution in [3.8, 4) is 0 Å². The monoisotopic (exact) mass is 513 g/mol. The Balaban J connectivity index is 2.26. The minimum absolute atomic E-state index is 0.00299. The molecule has 0 fully saturated rings. The highest BCUT2D eigenvalue weighted by Gasteiger charge is 2.50. The number of esters is 1. The van der Waals surface area contributed by atoms with Gasteiger partial charge in [-0.3, -0.25) is 14.4 Å². The summed E-state index contributed by atoms with van der Waals surface area (Å²) in [5.41, 5.74) is -0.607. The van der Waals surface area contributed by atoms with E-state index >= 15 is 0 Å². The Hall–Kier alpha value is -2.48. The number of rotatable bonds is 11. The lowest BCUT2D eigenvalue weighted by Crippen LogP contribution is -2.66. The lowest BCUT2D eigenvalue weighted by Gasteiger charge is -2.43. The average Bonchev–Trinajstić information content (AvgIpc) is 2.81. The van der Waals surface area contributed by atoms with Gasteiger partial charge in [0.15, 0.2) is 0 Å². The van der Waals surface area contributed by atoms with Crippen LogP contribution in [0.2, 0.25) is 5.04 Å². The van der Waals surface area contributed by atoms with E-state index in [9.17, 15) is 9.59 Å². The molecule has 0 aliphatic heterocycles.